The predicted molar refractivity (Wildman–Crippen MR) is 73.1 cm³/mol. The third-order valence-corrected chi connectivity index (χ3v) is 2.85. The molecule has 0 heterocycles. The van der Waals surface area contributed by atoms with E-state index < -0.39 is 18.8 Å². The molecule has 0 saturated heterocycles. The van der Waals surface area contributed by atoms with Crippen LogP contribution in [0.4, 0.5) is 4.39 Å². The second-order valence-electron chi connectivity index (χ2n) is 4.40. The number of rotatable bonds is 6. The van der Waals surface area contributed by atoms with Crippen molar-refractivity contribution in [2.45, 2.75) is 12.1 Å². The molecular formula is C13H17FN4O2. The van der Waals surface area contributed by atoms with Crippen molar-refractivity contribution in [3.8, 4) is 0 Å². The van der Waals surface area contributed by atoms with Crippen LogP contribution in [-0.4, -0.2) is 44.7 Å². The standard InChI is InChI=1S/C13H17FN4O2/c1-18(2)13(19)10-6-4-9(5-7-10)12(20-3)11(8-14)16-17-15/h4-7,11-12H,8H2,1-3H3/t11-,12-/m1/s1. The average molecular weight is 280 g/mol. The lowest BCUT2D eigenvalue weighted by Gasteiger charge is -2.20. The number of methoxy groups -OCH3 is 1. The molecule has 0 aliphatic carbocycles. The molecule has 0 unspecified atom stereocenters. The lowest BCUT2D eigenvalue weighted by Crippen LogP contribution is -2.22. The molecule has 0 N–H and O–H groups in total. The van der Waals surface area contributed by atoms with Crippen LogP contribution in [0.5, 0.6) is 0 Å². The van der Waals surface area contributed by atoms with Gasteiger partial charge in [-0.3, -0.25) is 9.18 Å². The molecule has 7 heteroatoms. The van der Waals surface area contributed by atoms with E-state index in [9.17, 15) is 9.18 Å². The molecule has 0 aromatic heterocycles. The molecule has 0 radical (unpaired) electrons. The number of ether oxygens (including phenoxy) is 1. The number of nitrogens with zero attached hydrogens (tertiary/aromatic N) is 4. The van der Waals surface area contributed by atoms with Gasteiger partial charge in [0.2, 0.25) is 0 Å². The minimum atomic E-state index is -0.930. The van der Waals surface area contributed by atoms with Crippen molar-refractivity contribution < 1.29 is 13.9 Å². The van der Waals surface area contributed by atoms with Crippen LogP contribution in [0.2, 0.25) is 0 Å². The van der Waals surface area contributed by atoms with Gasteiger partial charge in [0.15, 0.2) is 0 Å². The zero-order valence-electron chi connectivity index (χ0n) is 11.7. The summed E-state index contributed by atoms with van der Waals surface area (Å²) in [5.41, 5.74) is 9.60. The van der Waals surface area contributed by atoms with Crippen LogP contribution in [0, 0.1) is 0 Å². The molecule has 1 amide bonds. The van der Waals surface area contributed by atoms with Crippen molar-refractivity contribution in [1.29, 1.82) is 0 Å². The van der Waals surface area contributed by atoms with Crippen molar-refractivity contribution >= 4 is 5.91 Å². The summed E-state index contributed by atoms with van der Waals surface area (Å²) in [6.07, 6.45) is -0.681. The van der Waals surface area contributed by atoms with Crippen LogP contribution in [-0.2, 0) is 4.74 Å². The Kier molecular flexibility index (Phi) is 5.96. The Morgan fingerprint density at radius 2 is 2.05 bits per heavy atom. The molecule has 1 aromatic rings. The third kappa shape index (κ3) is 3.69. The maximum atomic E-state index is 12.9. The maximum Gasteiger partial charge on any atom is 0.253 e. The van der Waals surface area contributed by atoms with Crippen molar-refractivity contribution in [3.05, 3.63) is 45.8 Å². The number of benzene rings is 1. The Bertz CT molecular complexity index is 498. The van der Waals surface area contributed by atoms with Gasteiger partial charge in [-0.05, 0) is 23.2 Å². The molecule has 108 valence electrons. The first-order chi connectivity index (χ1) is 9.54. The third-order valence-electron chi connectivity index (χ3n) is 2.85. The Labute approximate surface area is 116 Å². The van der Waals surface area contributed by atoms with Gasteiger partial charge in [-0.1, -0.05) is 17.2 Å². The number of halogens is 1. The number of amides is 1. The van der Waals surface area contributed by atoms with Gasteiger partial charge in [0.05, 0.1) is 12.1 Å². The molecule has 0 saturated carbocycles. The number of hydrogen-bond donors (Lipinski definition) is 0. The number of azide groups is 1. The Hall–Kier alpha value is -2.11. The van der Waals surface area contributed by atoms with Crippen molar-refractivity contribution in [2.75, 3.05) is 27.9 Å². The summed E-state index contributed by atoms with van der Waals surface area (Å²) < 4.78 is 18.1. The van der Waals surface area contributed by atoms with Crippen LogP contribution >= 0.6 is 0 Å². The summed E-state index contributed by atoms with van der Waals surface area (Å²) in [5, 5.41) is 3.38. The second kappa shape index (κ2) is 7.47. The van der Waals surface area contributed by atoms with E-state index in [1.54, 1.807) is 38.4 Å². The normalized spacial score (nSPS) is 13.2. The van der Waals surface area contributed by atoms with E-state index in [2.05, 4.69) is 10.0 Å². The molecule has 6 nitrogen and oxygen atoms in total. The highest BCUT2D eigenvalue weighted by Gasteiger charge is 2.22. The van der Waals surface area contributed by atoms with Crippen LogP contribution in [0.3, 0.4) is 0 Å². The van der Waals surface area contributed by atoms with Crippen LogP contribution in [0.15, 0.2) is 29.4 Å². The number of carbonyl (C=O) groups excluding carboxylic acids is 1. The van der Waals surface area contributed by atoms with Gasteiger partial charge in [0.25, 0.3) is 5.91 Å². The van der Waals surface area contributed by atoms with Crippen molar-refractivity contribution in [1.82, 2.24) is 4.90 Å². The van der Waals surface area contributed by atoms with Gasteiger partial charge < -0.3 is 9.64 Å². The van der Waals surface area contributed by atoms with E-state index in [-0.39, 0.29) is 5.91 Å². The number of hydrogen-bond acceptors (Lipinski definition) is 3. The Morgan fingerprint density at radius 3 is 2.45 bits per heavy atom. The summed E-state index contributed by atoms with van der Waals surface area (Å²) in [6.45, 7) is -0.819. The topological polar surface area (TPSA) is 78.3 Å². The van der Waals surface area contributed by atoms with Gasteiger partial charge in [0.1, 0.15) is 6.67 Å². The second-order valence-corrected chi connectivity index (χ2v) is 4.40. The smallest absolute Gasteiger partial charge is 0.253 e. The fourth-order valence-corrected chi connectivity index (χ4v) is 1.83. The van der Waals surface area contributed by atoms with Crippen molar-refractivity contribution in [2.24, 2.45) is 5.11 Å². The average Bonchev–Trinajstić information content (AvgIpc) is 2.46. The lowest BCUT2D eigenvalue weighted by molar-refractivity contribution is 0.0720. The molecule has 20 heavy (non-hydrogen) atoms. The molecule has 0 spiro atoms. The minimum Gasteiger partial charge on any atom is -0.376 e. The van der Waals surface area contributed by atoms with Gasteiger partial charge in [-0.15, -0.1) is 0 Å². The van der Waals surface area contributed by atoms with Crippen LogP contribution in [0.1, 0.15) is 22.0 Å². The van der Waals surface area contributed by atoms with Gasteiger partial charge >= 0.3 is 0 Å². The highest BCUT2D eigenvalue weighted by Crippen LogP contribution is 2.24. The van der Waals surface area contributed by atoms with Crippen LogP contribution in [0.25, 0.3) is 10.4 Å². The number of carbonyl (C=O) groups is 1. The van der Waals surface area contributed by atoms with E-state index in [0.29, 0.717) is 11.1 Å². The molecule has 0 aliphatic rings. The fraction of sp³-hybridized carbons (Fsp3) is 0.462. The van der Waals surface area contributed by atoms with E-state index in [0.717, 1.165) is 0 Å². The lowest BCUT2D eigenvalue weighted by atomic mass is 10.0. The Balaban J connectivity index is 3.00. The maximum absolute atomic E-state index is 12.9. The summed E-state index contributed by atoms with van der Waals surface area (Å²) in [4.78, 5) is 15.8. The van der Waals surface area contributed by atoms with E-state index in [1.807, 2.05) is 0 Å². The zero-order valence-corrected chi connectivity index (χ0v) is 11.7. The monoisotopic (exact) mass is 280 g/mol. The summed E-state index contributed by atoms with van der Waals surface area (Å²) in [7, 11) is 4.74. The van der Waals surface area contributed by atoms with E-state index in [1.165, 1.54) is 12.0 Å². The van der Waals surface area contributed by atoms with E-state index in [4.69, 9.17) is 10.3 Å². The van der Waals surface area contributed by atoms with Crippen molar-refractivity contribution in [3.63, 3.8) is 0 Å². The minimum absolute atomic E-state index is 0.123. The van der Waals surface area contributed by atoms with Crippen LogP contribution < -0.4 is 0 Å². The van der Waals surface area contributed by atoms with E-state index >= 15 is 0 Å². The highest BCUT2D eigenvalue weighted by molar-refractivity contribution is 5.93. The SMILES string of the molecule is CO[C@H](c1ccc(C(=O)N(C)C)cc1)[C@@H](CF)N=[N+]=[N-]. The molecule has 0 fully saturated rings. The molecule has 1 aromatic carbocycles. The first-order valence-corrected chi connectivity index (χ1v) is 5.99. The first kappa shape index (κ1) is 15.9. The first-order valence-electron chi connectivity index (χ1n) is 5.99. The molecule has 0 aliphatic heterocycles. The predicted octanol–water partition coefficient (Wildman–Crippen LogP) is 2.72. The summed E-state index contributed by atoms with van der Waals surface area (Å²) in [5.74, 6) is -0.123. The quantitative estimate of drug-likeness (QED) is 0.456. The molecular weight excluding hydrogens is 263 g/mol. The summed E-state index contributed by atoms with van der Waals surface area (Å²) in [6, 6.07) is 5.67. The molecule has 1 rings (SSSR count). The molecule has 2 atom stereocenters. The number of alkyl halides is 1. The highest BCUT2D eigenvalue weighted by atomic mass is 19.1. The largest absolute Gasteiger partial charge is 0.376 e. The summed E-state index contributed by atoms with van der Waals surface area (Å²) >= 11 is 0. The molecule has 0 bridgehead atoms. The Morgan fingerprint density at radius 1 is 1.45 bits per heavy atom. The van der Waals surface area contributed by atoms with Gasteiger partial charge in [0, 0.05) is 31.7 Å². The fourth-order valence-electron chi connectivity index (χ4n) is 1.83. The van der Waals surface area contributed by atoms with Gasteiger partial charge in [-0.2, -0.15) is 0 Å². The zero-order chi connectivity index (χ0) is 15.1. The van der Waals surface area contributed by atoms with Gasteiger partial charge in [-0.25, -0.2) is 0 Å².